The highest BCUT2D eigenvalue weighted by atomic mass is 35.5. The van der Waals surface area contributed by atoms with E-state index in [0.717, 1.165) is 37.0 Å². The maximum absolute atomic E-state index is 5.84. The molecule has 0 aromatic carbocycles. The molecule has 1 fully saturated rings. The number of fused-ring (bicyclic) bond motifs is 1. The molecule has 2 aromatic heterocycles. The molecule has 0 spiro atoms. The maximum atomic E-state index is 5.84. The summed E-state index contributed by atoms with van der Waals surface area (Å²) in [7, 11) is 0. The van der Waals surface area contributed by atoms with Gasteiger partial charge in [-0.25, -0.2) is 9.97 Å². The van der Waals surface area contributed by atoms with Crippen molar-refractivity contribution in [3.63, 3.8) is 0 Å². The van der Waals surface area contributed by atoms with Crippen LogP contribution in [0.5, 0.6) is 0 Å². The van der Waals surface area contributed by atoms with Crippen LogP contribution in [0.2, 0.25) is 5.15 Å². The molecule has 0 atom stereocenters. The van der Waals surface area contributed by atoms with E-state index in [0.29, 0.717) is 16.8 Å². The lowest BCUT2D eigenvalue weighted by Crippen LogP contribution is -2.35. The van der Waals surface area contributed by atoms with Crippen molar-refractivity contribution in [2.24, 2.45) is 0 Å². The summed E-state index contributed by atoms with van der Waals surface area (Å²) in [6, 6.07) is 6.35. The number of rotatable bonds is 2. The monoisotopic (exact) mass is 262 g/mol. The molecule has 0 bridgehead atoms. The Labute approximate surface area is 111 Å². The van der Waals surface area contributed by atoms with Crippen molar-refractivity contribution in [1.29, 1.82) is 0 Å². The van der Waals surface area contributed by atoms with Crippen molar-refractivity contribution in [2.45, 2.75) is 18.9 Å². The standard InChI is InChI=1S/C13H15ClN4/c14-12-2-1-9-7-11(8-16-13(9)18-12)17-10-3-5-15-6-4-10/h1-2,7-8,10,15,17H,3-6H2. The third kappa shape index (κ3) is 2.54. The molecule has 0 aliphatic carbocycles. The van der Waals surface area contributed by atoms with Crippen molar-refractivity contribution in [3.8, 4) is 0 Å². The summed E-state index contributed by atoms with van der Waals surface area (Å²) >= 11 is 5.84. The van der Waals surface area contributed by atoms with Crippen LogP contribution in [-0.2, 0) is 0 Å². The number of halogens is 1. The molecule has 3 heterocycles. The summed E-state index contributed by atoms with van der Waals surface area (Å²) in [5, 5.41) is 8.37. The molecular weight excluding hydrogens is 248 g/mol. The summed E-state index contributed by atoms with van der Waals surface area (Å²) in [5.74, 6) is 0. The third-order valence-electron chi connectivity index (χ3n) is 3.22. The molecule has 3 rings (SSSR count). The minimum absolute atomic E-state index is 0.481. The van der Waals surface area contributed by atoms with E-state index in [2.05, 4.69) is 26.7 Å². The first-order chi connectivity index (χ1) is 8.81. The molecule has 2 aromatic rings. The number of piperidine rings is 1. The van der Waals surface area contributed by atoms with Crippen molar-refractivity contribution in [3.05, 3.63) is 29.5 Å². The lowest BCUT2D eigenvalue weighted by molar-refractivity contribution is 0.479. The van der Waals surface area contributed by atoms with Crippen LogP contribution in [0, 0.1) is 0 Å². The SMILES string of the molecule is Clc1ccc2cc(NC3CCNCC3)cnc2n1. The second-order valence-corrected chi connectivity index (χ2v) is 4.96. The fourth-order valence-electron chi connectivity index (χ4n) is 2.27. The highest BCUT2D eigenvalue weighted by Gasteiger charge is 2.12. The number of anilines is 1. The van der Waals surface area contributed by atoms with E-state index in [9.17, 15) is 0 Å². The Morgan fingerprint density at radius 2 is 2.11 bits per heavy atom. The highest BCUT2D eigenvalue weighted by molar-refractivity contribution is 6.29. The van der Waals surface area contributed by atoms with Gasteiger partial charge >= 0.3 is 0 Å². The summed E-state index contributed by atoms with van der Waals surface area (Å²) in [6.45, 7) is 2.16. The molecule has 1 saturated heterocycles. The molecule has 0 amide bonds. The van der Waals surface area contributed by atoms with Gasteiger partial charge in [-0.05, 0) is 44.1 Å². The Morgan fingerprint density at radius 3 is 2.94 bits per heavy atom. The predicted molar refractivity (Wildman–Crippen MR) is 74.1 cm³/mol. The van der Waals surface area contributed by atoms with E-state index in [1.807, 2.05) is 12.3 Å². The number of hydrogen-bond acceptors (Lipinski definition) is 4. The van der Waals surface area contributed by atoms with Gasteiger partial charge in [0, 0.05) is 11.4 Å². The van der Waals surface area contributed by atoms with Gasteiger partial charge in [-0.15, -0.1) is 0 Å². The second-order valence-electron chi connectivity index (χ2n) is 4.57. The Balaban J connectivity index is 1.82. The third-order valence-corrected chi connectivity index (χ3v) is 3.43. The van der Waals surface area contributed by atoms with Gasteiger partial charge in [0.2, 0.25) is 0 Å². The van der Waals surface area contributed by atoms with Crippen LogP contribution in [0.1, 0.15) is 12.8 Å². The molecule has 4 nitrogen and oxygen atoms in total. The lowest BCUT2D eigenvalue weighted by Gasteiger charge is -2.24. The Bertz CT molecular complexity index is 552. The smallest absolute Gasteiger partial charge is 0.160 e. The topological polar surface area (TPSA) is 49.8 Å². The van der Waals surface area contributed by atoms with Gasteiger partial charge in [0.15, 0.2) is 5.65 Å². The van der Waals surface area contributed by atoms with Crippen LogP contribution in [0.25, 0.3) is 11.0 Å². The van der Waals surface area contributed by atoms with E-state index in [-0.39, 0.29) is 0 Å². The van der Waals surface area contributed by atoms with Gasteiger partial charge in [-0.2, -0.15) is 0 Å². The molecular formula is C13H15ClN4. The quantitative estimate of drug-likeness (QED) is 0.817. The number of pyridine rings is 2. The Kier molecular flexibility index (Phi) is 3.30. The van der Waals surface area contributed by atoms with Crippen LogP contribution < -0.4 is 10.6 Å². The Hall–Kier alpha value is -1.39. The summed E-state index contributed by atoms with van der Waals surface area (Å²) in [6.07, 6.45) is 4.13. The van der Waals surface area contributed by atoms with Crippen LogP contribution in [0.3, 0.4) is 0 Å². The van der Waals surface area contributed by atoms with Crippen molar-refractivity contribution < 1.29 is 0 Å². The first kappa shape index (κ1) is 11.7. The number of nitrogens with zero attached hydrogens (tertiary/aromatic N) is 2. The number of nitrogens with one attached hydrogen (secondary N) is 2. The van der Waals surface area contributed by atoms with Gasteiger partial charge in [0.05, 0.1) is 11.9 Å². The fraction of sp³-hybridized carbons (Fsp3) is 0.385. The summed E-state index contributed by atoms with van der Waals surface area (Å²) in [5.41, 5.74) is 1.75. The highest BCUT2D eigenvalue weighted by Crippen LogP contribution is 2.19. The molecule has 1 aliphatic heterocycles. The molecule has 18 heavy (non-hydrogen) atoms. The van der Waals surface area contributed by atoms with E-state index in [1.165, 1.54) is 0 Å². The average Bonchev–Trinajstić information content (AvgIpc) is 2.40. The van der Waals surface area contributed by atoms with Gasteiger partial charge < -0.3 is 10.6 Å². The van der Waals surface area contributed by atoms with E-state index in [1.54, 1.807) is 6.07 Å². The van der Waals surface area contributed by atoms with Crippen molar-refractivity contribution in [1.82, 2.24) is 15.3 Å². The van der Waals surface area contributed by atoms with Gasteiger partial charge in [-0.1, -0.05) is 11.6 Å². The molecule has 5 heteroatoms. The maximum Gasteiger partial charge on any atom is 0.160 e. The first-order valence-electron chi connectivity index (χ1n) is 6.21. The zero-order chi connectivity index (χ0) is 12.4. The van der Waals surface area contributed by atoms with E-state index in [4.69, 9.17) is 11.6 Å². The van der Waals surface area contributed by atoms with Crippen LogP contribution in [0.4, 0.5) is 5.69 Å². The van der Waals surface area contributed by atoms with Gasteiger partial charge in [-0.3, -0.25) is 0 Å². The van der Waals surface area contributed by atoms with Crippen LogP contribution in [-0.4, -0.2) is 29.1 Å². The largest absolute Gasteiger partial charge is 0.381 e. The average molecular weight is 263 g/mol. The van der Waals surface area contributed by atoms with Crippen molar-refractivity contribution in [2.75, 3.05) is 18.4 Å². The summed E-state index contributed by atoms with van der Waals surface area (Å²) in [4.78, 5) is 8.51. The molecule has 0 saturated carbocycles. The Morgan fingerprint density at radius 1 is 1.28 bits per heavy atom. The summed E-state index contributed by atoms with van der Waals surface area (Å²) < 4.78 is 0. The van der Waals surface area contributed by atoms with E-state index < -0.39 is 0 Å². The fourth-order valence-corrected chi connectivity index (χ4v) is 2.41. The molecule has 94 valence electrons. The minimum Gasteiger partial charge on any atom is -0.381 e. The minimum atomic E-state index is 0.481. The number of aromatic nitrogens is 2. The normalized spacial score (nSPS) is 16.9. The van der Waals surface area contributed by atoms with Crippen LogP contribution in [0.15, 0.2) is 24.4 Å². The van der Waals surface area contributed by atoms with Crippen molar-refractivity contribution >= 4 is 28.3 Å². The molecule has 1 aliphatic rings. The number of hydrogen-bond donors (Lipinski definition) is 2. The van der Waals surface area contributed by atoms with Gasteiger partial charge in [0.25, 0.3) is 0 Å². The molecule has 2 N–H and O–H groups in total. The molecule has 0 radical (unpaired) electrons. The first-order valence-corrected chi connectivity index (χ1v) is 6.58. The predicted octanol–water partition coefficient (Wildman–Crippen LogP) is 2.45. The van der Waals surface area contributed by atoms with Crippen LogP contribution >= 0.6 is 11.6 Å². The molecule has 0 unspecified atom stereocenters. The van der Waals surface area contributed by atoms with E-state index >= 15 is 0 Å². The zero-order valence-electron chi connectivity index (χ0n) is 9.99. The lowest BCUT2D eigenvalue weighted by atomic mass is 10.1. The zero-order valence-corrected chi connectivity index (χ0v) is 10.7. The second kappa shape index (κ2) is 5.08. The van der Waals surface area contributed by atoms with Gasteiger partial charge in [0.1, 0.15) is 5.15 Å².